The number of nitrogens with zero attached hydrogens (tertiary/aromatic N) is 1. The highest BCUT2D eigenvalue weighted by Gasteiger charge is 2.48. The van der Waals surface area contributed by atoms with Crippen molar-refractivity contribution in [2.75, 3.05) is 13.2 Å². The minimum atomic E-state index is -5.00. The number of nitrogens with two attached hydrogens (primary N) is 1. The van der Waals surface area contributed by atoms with Crippen molar-refractivity contribution in [2.45, 2.75) is 49.3 Å². The Morgan fingerprint density at radius 3 is 2.10 bits per heavy atom. The molecule has 1 unspecified atom stereocenters. The molecule has 42 heavy (non-hydrogen) atoms. The van der Waals surface area contributed by atoms with Crippen LogP contribution in [0.15, 0.2) is 72.9 Å². The van der Waals surface area contributed by atoms with Gasteiger partial charge in [0.1, 0.15) is 11.2 Å². The van der Waals surface area contributed by atoms with Gasteiger partial charge in [0.25, 0.3) is 5.91 Å². The molecule has 0 spiro atoms. The number of ether oxygens (including phenoxy) is 1. The largest absolute Gasteiger partial charge is 0.416 e. The first-order chi connectivity index (χ1) is 19.7. The Balaban J connectivity index is 1.59. The zero-order chi connectivity index (χ0) is 30.8. The average Bonchev–Trinajstić information content (AvgIpc) is 2.96. The van der Waals surface area contributed by atoms with E-state index in [-0.39, 0.29) is 43.3 Å². The van der Waals surface area contributed by atoms with E-state index in [4.69, 9.17) is 10.5 Å². The number of benzene rings is 2. The van der Waals surface area contributed by atoms with Crippen molar-refractivity contribution in [3.63, 3.8) is 0 Å². The minimum absolute atomic E-state index is 0.0579. The van der Waals surface area contributed by atoms with E-state index in [1.165, 1.54) is 19.2 Å². The molecule has 2 amide bonds. The van der Waals surface area contributed by atoms with Crippen LogP contribution < -0.4 is 16.4 Å². The molecule has 2 aromatic carbocycles. The second-order valence-electron chi connectivity index (χ2n) is 10.2. The van der Waals surface area contributed by atoms with Crippen molar-refractivity contribution >= 4 is 11.8 Å². The van der Waals surface area contributed by atoms with Gasteiger partial charge in [-0.2, -0.15) is 26.3 Å². The fourth-order valence-electron chi connectivity index (χ4n) is 4.87. The van der Waals surface area contributed by atoms with Gasteiger partial charge in [-0.3, -0.25) is 14.6 Å². The molecule has 4 rings (SSSR count). The van der Waals surface area contributed by atoms with Crippen LogP contribution in [-0.2, 0) is 27.4 Å². The summed E-state index contributed by atoms with van der Waals surface area (Å²) < 4.78 is 86.4. The lowest BCUT2D eigenvalue weighted by atomic mass is 9.76. The molecule has 0 saturated carbocycles. The van der Waals surface area contributed by atoms with Crippen LogP contribution >= 0.6 is 0 Å². The number of alkyl halides is 6. The Bertz CT molecular complexity index is 1370. The van der Waals surface area contributed by atoms with Gasteiger partial charge in [0.05, 0.1) is 29.4 Å². The van der Waals surface area contributed by atoms with E-state index < -0.39 is 52.5 Å². The van der Waals surface area contributed by atoms with Crippen LogP contribution in [0.2, 0.25) is 0 Å². The fourth-order valence-corrected chi connectivity index (χ4v) is 4.87. The van der Waals surface area contributed by atoms with Crippen molar-refractivity contribution in [3.05, 3.63) is 101 Å². The summed E-state index contributed by atoms with van der Waals surface area (Å²) in [7, 11) is 0. The minimum Gasteiger partial charge on any atom is -0.372 e. The monoisotopic (exact) mass is 594 g/mol. The summed E-state index contributed by atoms with van der Waals surface area (Å²) in [5.74, 6) is -1.41. The predicted molar refractivity (Wildman–Crippen MR) is 140 cm³/mol. The van der Waals surface area contributed by atoms with Gasteiger partial charge >= 0.3 is 12.4 Å². The maximum Gasteiger partial charge on any atom is 0.416 e. The summed E-state index contributed by atoms with van der Waals surface area (Å²) in [5.41, 5.74) is 0.810. The number of halogens is 6. The molecule has 1 fully saturated rings. The van der Waals surface area contributed by atoms with Crippen molar-refractivity contribution in [2.24, 2.45) is 5.73 Å². The van der Waals surface area contributed by atoms with Crippen LogP contribution in [0.3, 0.4) is 0 Å². The number of carbonyl (C=O) groups is 2. The first-order valence-electron chi connectivity index (χ1n) is 12.9. The van der Waals surface area contributed by atoms with Crippen LogP contribution in [-0.4, -0.2) is 35.5 Å². The molecule has 1 aliphatic rings. The number of aromatic nitrogens is 1. The van der Waals surface area contributed by atoms with E-state index in [9.17, 15) is 35.9 Å². The summed E-state index contributed by atoms with van der Waals surface area (Å²) in [5, 5.41) is 5.91. The summed E-state index contributed by atoms with van der Waals surface area (Å²) >= 11 is 0. The Kier molecular flexibility index (Phi) is 8.65. The Hall–Kier alpha value is -3.97. The van der Waals surface area contributed by atoms with Crippen molar-refractivity contribution in [1.29, 1.82) is 0 Å². The number of hydrogen-bond acceptors (Lipinski definition) is 5. The number of pyridine rings is 1. The van der Waals surface area contributed by atoms with Crippen LogP contribution in [0.4, 0.5) is 26.3 Å². The summed E-state index contributed by atoms with van der Waals surface area (Å²) in [6, 6.07) is 14.9. The first-order valence-corrected chi connectivity index (χ1v) is 12.9. The molecule has 2 heterocycles. The molecule has 7 nitrogen and oxygen atoms in total. The first kappa shape index (κ1) is 31.0. The Morgan fingerprint density at radius 2 is 1.60 bits per heavy atom. The smallest absolute Gasteiger partial charge is 0.372 e. The highest BCUT2D eigenvalue weighted by molar-refractivity contribution is 5.97. The third-order valence-electron chi connectivity index (χ3n) is 7.41. The summed E-state index contributed by atoms with van der Waals surface area (Å²) in [4.78, 5) is 29.4. The van der Waals surface area contributed by atoms with Crippen molar-refractivity contribution in [1.82, 2.24) is 15.6 Å². The number of carbonyl (C=O) groups excluding carboxylic acids is 2. The van der Waals surface area contributed by atoms with E-state index in [1.54, 1.807) is 42.5 Å². The molecule has 3 aromatic rings. The van der Waals surface area contributed by atoms with Crippen LogP contribution in [0, 0.1) is 0 Å². The molecule has 0 radical (unpaired) electrons. The molecule has 3 atom stereocenters. The van der Waals surface area contributed by atoms with E-state index in [2.05, 4.69) is 15.6 Å². The maximum atomic E-state index is 13.4. The van der Waals surface area contributed by atoms with Crippen molar-refractivity contribution < 1.29 is 40.7 Å². The molecule has 224 valence electrons. The molecular weight excluding hydrogens is 566 g/mol. The second kappa shape index (κ2) is 11.7. The van der Waals surface area contributed by atoms with Crippen LogP contribution in [0.25, 0.3) is 0 Å². The third kappa shape index (κ3) is 6.73. The van der Waals surface area contributed by atoms with Gasteiger partial charge in [-0.05, 0) is 61.2 Å². The lowest BCUT2D eigenvalue weighted by Gasteiger charge is -2.46. The topological polar surface area (TPSA) is 106 Å². The van der Waals surface area contributed by atoms with Gasteiger partial charge in [0, 0.05) is 12.7 Å². The van der Waals surface area contributed by atoms with E-state index in [1.807, 2.05) is 0 Å². The zero-order valence-electron chi connectivity index (χ0n) is 22.4. The molecule has 0 aliphatic carbocycles. The summed E-state index contributed by atoms with van der Waals surface area (Å²) in [6.45, 7) is 1.05. The fraction of sp³-hybridized carbons (Fsp3) is 0.345. The van der Waals surface area contributed by atoms with Gasteiger partial charge < -0.3 is 21.1 Å². The van der Waals surface area contributed by atoms with Crippen LogP contribution in [0.5, 0.6) is 0 Å². The number of amides is 2. The van der Waals surface area contributed by atoms with Gasteiger partial charge in [0.2, 0.25) is 5.91 Å². The lowest BCUT2D eigenvalue weighted by Crippen LogP contribution is -2.69. The zero-order valence-corrected chi connectivity index (χ0v) is 22.4. The second-order valence-corrected chi connectivity index (χ2v) is 10.2. The number of nitrogens with one attached hydrogen (secondary N) is 2. The number of piperidine rings is 1. The highest BCUT2D eigenvalue weighted by atomic mass is 19.4. The lowest BCUT2D eigenvalue weighted by molar-refractivity contribution is -0.143. The normalized spacial score (nSPS) is 21.9. The Labute approximate surface area is 237 Å². The highest BCUT2D eigenvalue weighted by Crippen LogP contribution is 2.39. The van der Waals surface area contributed by atoms with E-state index in [0.29, 0.717) is 17.7 Å². The quantitative estimate of drug-likeness (QED) is 0.314. The molecule has 4 N–H and O–H groups in total. The molecule has 13 heteroatoms. The number of rotatable bonds is 8. The average molecular weight is 595 g/mol. The van der Waals surface area contributed by atoms with Crippen LogP contribution in [0.1, 0.15) is 58.6 Å². The van der Waals surface area contributed by atoms with Gasteiger partial charge in [-0.15, -0.1) is 0 Å². The Morgan fingerprint density at radius 1 is 0.976 bits per heavy atom. The van der Waals surface area contributed by atoms with Gasteiger partial charge in [-0.25, -0.2) is 0 Å². The van der Waals surface area contributed by atoms with Crippen molar-refractivity contribution in [3.8, 4) is 0 Å². The molecular formula is C29H28F6N4O3. The molecule has 0 bridgehead atoms. The number of primary amides is 1. The molecule has 1 aliphatic heterocycles. The standard InChI is InChI=1S/C29H28F6N4O3/c1-18(19-13-21(28(30,31)32)15-22(14-19)29(33,34)35)42-17-27(20-7-3-2-4-8-20)11-10-26(16-38-27,25(36)41)39-24(40)23-9-5-6-12-37-23/h2-9,12-15,18,38H,10-11,16-17H2,1H3,(H2,36,41)(H,39,40)/t18?,26-,27+/m0/s1. The van der Waals surface area contributed by atoms with Gasteiger partial charge in [-0.1, -0.05) is 36.4 Å². The van der Waals surface area contributed by atoms with E-state index in [0.717, 1.165) is 0 Å². The molecule has 1 saturated heterocycles. The van der Waals surface area contributed by atoms with Gasteiger partial charge in [0.15, 0.2) is 0 Å². The number of hydrogen-bond donors (Lipinski definition) is 3. The maximum absolute atomic E-state index is 13.4. The SMILES string of the molecule is CC(OC[C@@]1(c2ccccc2)CC[C@@](NC(=O)c2ccccn2)(C(N)=O)CN1)c1cc(C(F)(F)F)cc(C(F)(F)F)c1. The van der Waals surface area contributed by atoms with E-state index >= 15 is 0 Å². The summed E-state index contributed by atoms with van der Waals surface area (Å²) in [6.07, 6.45) is -9.50. The molecule has 1 aromatic heterocycles. The third-order valence-corrected chi connectivity index (χ3v) is 7.41. The predicted octanol–water partition coefficient (Wildman–Crippen LogP) is 5.13.